The van der Waals surface area contributed by atoms with Crippen LogP contribution in [0.15, 0.2) is 24.9 Å². The zero-order valence-electron chi connectivity index (χ0n) is 8.29. The molecule has 0 aliphatic carbocycles. The first-order valence-corrected chi connectivity index (χ1v) is 4.95. The Bertz CT molecular complexity index is 312. The summed E-state index contributed by atoms with van der Waals surface area (Å²) in [7, 11) is 1.58. The van der Waals surface area contributed by atoms with E-state index in [0.29, 0.717) is 5.88 Å². The summed E-state index contributed by atoms with van der Waals surface area (Å²) in [6.07, 6.45) is 6.66. The van der Waals surface area contributed by atoms with E-state index in [0.717, 1.165) is 29.8 Å². The molecule has 0 saturated carbocycles. The van der Waals surface area contributed by atoms with Crippen molar-refractivity contribution in [3.05, 3.63) is 35.5 Å². The minimum absolute atomic E-state index is 0.558. The lowest BCUT2D eigenvalue weighted by molar-refractivity contribution is 0.397. The van der Waals surface area contributed by atoms with Gasteiger partial charge in [0.05, 0.1) is 12.1 Å². The second-order valence-corrected chi connectivity index (χ2v) is 3.41. The van der Waals surface area contributed by atoms with Crippen LogP contribution in [0.5, 0.6) is 5.88 Å². The molecule has 0 fully saturated rings. The summed E-state index contributed by atoms with van der Waals surface area (Å²) in [5, 5.41) is 0.723. The van der Waals surface area contributed by atoms with Crippen LogP contribution in [0.4, 0.5) is 0 Å². The van der Waals surface area contributed by atoms with Crippen molar-refractivity contribution in [1.82, 2.24) is 4.98 Å². The number of methoxy groups -OCH3 is 1. The summed E-state index contributed by atoms with van der Waals surface area (Å²) in [5.74, 6) is 0.558. The number of aryl methyl sites for hydroxylation is 1. The van der Waals surface area contributed by atoms with Crippen molar-refractivity contribution in [2.24, 2.45) is 0 Å². The molecule has 0 N–H and O–H groups in total. The Labute approximate surface area is 89.6 Å². The monoisotopic (exact) mass is 211 g/mol. The van der Waals surface area contributed by atoms with Crippen molar-refractivity contribution < 1.29 is 4.74 Å². The Kier molecular flexibility index (Phi) is 4.47. The molecule has 1 aromatic heterocycles. The molecule has 0 atom stereocenters. The van der Waals surface area contributed by atoms with Gasteiger partial charge in [-0.15, -0.1) is 6.58 Å². The Hall–Kier alpha value is -1.02. The molecule has 76 valence electrons. The number of nitrogens with zero attached hydrogens (tertiary/aromatic N) is 1. The topological polar surface area (TPSA) is 22.1 Å². The lowest BCUT2D eigenvalue weighted by atomic mass is 10.1. The predicted octanol–water partition coefficient (Wildman–Crippen LogP) is 3.25. The van der Waals surface area contributed by atoms with Gasteiger partial charge in [0.25, 0.3) is 0 Å². The van der Waals surface area contributed by atoms with E-state index in [1.807, 2.05) is 6.08 Å². The van der Waals surface area contributed by atoms with Gasteiger partial charge in [-0.3, -0.25) is 0 Å². The second kappa shape index (κ2) is 5.66. The number of aromatic nitrogens is 1. The molecular formula is C11H14ClNO. The summed E-state index contributed by atoms with van der Waals surface area (Å²) in [6.45, 7) is 3.67. The average Bonchev–Trinajstić information content (AvgIpc) is 2.20. The number of hydrogen-bond acceptors (Lipinski definition) is 2. The van der Waals surface area contributed by atoms with E-state index in [1.165, 1.54) is 0 Å². The van der Waals surface area contributed by atoms with Crippen molar-refractivity contribution in [1.29, 1.82) is 0 Å². The van der Waals surface area contributed by atoms with Crippen LogP contribution in [0.25, 0.3) is 0 Å². The van der Waals surface area contributed by atoms with Gasteiger partial charge in [0.15, 0.2) is 0 Å². The van der Waals surface area contributed by atoms with E-state index in [1.54, 1.807) is 19.4 Å². The Morgan fingerprint density at radius 3 is 3.00 bits per heavy atom. The molecule has 0 aliphatic heterocycles. The van der Waals surface area contributed by atoms with Crippen LogP contribution >= 0.6 is 11.6 Å². The van der Waals surface area contributed by atoms with E-state index >= 15 is 0 Å². The smallest absolute Gasteiger partial charge is 0.214 e. The SMILES string of the molecule is C=CCCCc1cnc(OC)cc1Cl. The highest BCUT2D eigenvalue weighted by atomic mass is 35.5. The molecule has 0 radical (unpaired) electrons. The molecule has 1 rings (SSSR count). The predicted molar refractivity (Wildman–Crippen MR) is 58.9 cm³/mol. The van der Waals surface area contributed by atoms with Gasteiger partial charge in [-0.25, -0.2) is 4.98 Å². The zero-order valence-corrected chi connectivity index (χ0v) is 9.05. The maximum absolute atomic E-state index is 6.04. The van der Waals surface area contributed by atoms with Crippen LogP contribution in [0.1, 0.15) is 18.4 Å². The van der Waals surface area contributed by atoms with Crippen LogP contribution in [0, 0.1) is 0 Å². The normalized spacial score (nSPS) is 9.86. The molecule has 0 aromatic carbocycles. The number of pyridine rings is 1. The molecule has 0 bridgehead atoms. The van der Waals surface area contributed by atoms with Gasteiger partial charge in [-0.1, -0.05) is 17.7 Å². The third kappa shape index (κ3) is 3.04. The summed E-state index contributed by atoms with van der Waals surface area (Å²) < 4.78 is 4.96. The summed E-state index contributed by atoms with van der Waals surface area (Å²) in [6, 6.07) is 1.74. The van der Waals surface area contributed by atoms with Crippen molar-refractivity contribution in [2.45, 2.75) is 19.3 Å². The van der Waals surface area contributed by atoms with Crippen LogP contribution in [-0.4, -0.2) is 12.1 Å². The lowest BCUT2D eigenvalue weighted by Gasteiger charge is -2.04. The zero-order chi connectivity index (χ0) is 10.4. The molecule has 14 heavy (non-hydrogen) atoms. The lowest BCUT2D eigenvalue weighted by Crippen LogP contribution is -1.92. The highest BCUT2D eigenvalue weighted by molar-refractivity contribution is 6.31. The first-order chi connectivity index (χ1) is 6.77. The minimum Gasteiger partial charge on any atom is -0.481 e. The first kappa shape index (κ1) is 11.1. The van der Waals surface area contributed by atoms with E-state index in [9.17, 15) is 0 Å². The third-order valence-corrected chi connectivity index (χ3v) is 2.32. The quantitative estimate of drug-likeness (QED) is 0.551. The Morgan fingerprint density at radius 2 is 2.43 bits per heavy atom. The van der Waals surface area contributed by atoms with Gasteiger partial charge in [0.1, 0.15) is 0 Å². The van der Waals surface area contributed by atoms with Crippen LogP contribution in [0.2, 0.25) is 5.02 Å². The molecule has 3 heteroatoms. The average molecular weight is 212 g/mol. The van der Waals surface area contributed by atoms with E-state index in [4.69, 9.17) is 16.3 Å². The third-order valence-electron chi connectivity index (χ3n) is 1.97. The number of rotatable bonds is 5. The van der Waals surface area contributed by atoms with Crippen LogP contribution in [0.3, 0.4) is 0 Å². The van der Waals surface area contributed by atoms with Crippen LogP contribution < -0.4 is 4.74 Å². The molecule has 1 heterocycles. The highest BCUT2D eigenvalue weighted by Crippen LogP contribution is 2.21. The number of allylic oxidation sites excluding steroid dienone is 1. The van der Waals surface area contributed by atoms with Crippen molar-refractivity contribution >= 4 is 11.6 Å². The molecule has 0 amide bonds. The van der Waals surface area contributed by atoms with Crippen molar-refractivity contribution in [3.8, 4) is 5.88 Å². The molecular weight excluding hydrogens is 198 g/mol. The van der Waals surface area contributed by atoms with E-state index < -0.39 is 0 Å². The van der Waals surface area contributed by atoms with Gasteiger partial charge >= 0.3 is 0 Å². The van der Waals surface area contributed by atoms with Gasteiger partial charge < -0.3 is 4.74 Å². The maximum atomic E-state index is 6.04. The Morgan fingerprint density at radius 1 is 1.64 bits per heavy atom. The first-order valence-electron chi connectivity index (χ1n) is 4.57. The number of halogens is 1. The molecule has 0 unspecified atom stereocenters. The fourth-order valence-corrected chi connectivity index (χ4v) is 1.41. The van der Waals surface area contributed by atoms with Gasteiger partial charge in [0.2, 0.25) is 5.88 Å². The fourth-order valence-electron chi connectivity index (χ4n) is 1.17. The standard InChI is InChI=1S/C11H14ClNO/c1-3-4-5-6-9-8-13-11(14-2)7-10(9)12/h3,7-8H,1,4-6H2,2H3. The number of hydrogen-bond donors (Lipinski definition) is 0. The summed E-state index contributed by atoms with van der Waals surface area (Å²) in [5.41, 5.74) is 1.06. The van der Waals surface area contributed by atoms with E-state index in [-0.39, 0.29) is 0 Å². The minimum atomic E-state index is 0.558. The largest absolute Gasteiger partial charge is 0.481 e. The van der Waals surface area contributed by atoms with Crippen molar-refractivity contribution in [3.63, 3.8) is 0 Å². The molecule has 0 aliphatic rings. The molecule has 1 aromatic rings. The molecule has 0 spiro atoms. The maximum Gasteiger partial charge on any atom is 0.214 e. The van der Waals surface area contributed by atoms with Crippen LogP contribution in [-0.2, 0) is 6.42 Å². The summed E-state index contributed by atoms with van der Waals surface area (Å²) in [4.78, 5) is 4.10. The molecule has 0 saturated heterocycles. The highest BCUT2D eigenvalue weighted by Gasteiger charge is 2.02. The van der Waals surface area contributed by atoms with Gasteiger partial charge in [-0.2, -0.15) is 0 Å². The molecule has 2 nitrogen and oxygen atoms in total. The van der Waals surface area contributed by atoms with E-state index in [2.05, 4.69) is 11.6 Å². The van der Waals surface area contributed by atoms with Gasteiger partial charge in [0, 0.05) is 12.3 Å². The van der Waals surface area contributed by atoms with Crippen molar-refractivity contribution in [2.75, 3.05) is 7.11 Å². The fraction of sp³-hybridized carbons (Fsp3) is 0.364. The summed E-state index contributed by atoms with van der Waals surface area (Å²) >= 11 is 6.04. The number of unbranched alkanes of at least 4 members (excludes halogenated alkanes) is 1. The number of ether oxygens (including phenoxy) is 1. The second-order valence-electron chi connectivity index (χ2n) is 3.00. The Balaban J connectivity index is 2.63. The van der Waals surface area contributed by atoms with Gasteiger partial charge in [-0.05, 0) is 24.8 Å².